The van der Waals surface area contributed by atoms with E-state index in [1.807, 2.05) is 4.90 Å². The summed E-state index contributed by atoms with van der Waals surface area (Å²) in [7, 11) is 1.33. The Morgan fingerprint density at radius 2 is 1.96 bits per heavy atom. The molecule has 0 saturated carbocycles. The van der Waals surface area contributed by atoms with E-state index in [2.05, 4.69) is 15.3 Å². The number of carboxylic acids is 1. The SMILES string of the molecule is COC(=O)c1ccccc1Nc1nccc(N2CCC(C(=O)O)CC2)n1. The van der Waals surface area contributed by atoms with Crippen LogP contribution in [0.1, 0.15) is 23.2 Å². The largest absolute Gasteiger partial charge is 0.481 e. The second kappa shape index (κ2) is 7.81. The fraction of sp³-hybridized carbons (Fsp3) is 0.333. The number of benzene rings is 1. The Hall–Kier alpha value is -3.16. The second-order valence-corrected chi connectivity index (χ2v) is 6.00. The molecule has 1 aliphatic heterocycles. The summed E-state index contributed by atoms with van der Waals surface area (Å²) >= 11 is 0. The number of carboxylic acid groups (broad SMARTS) is 1. The number of carbonyl (C=O) groups excluding carboxylic acids is 1. The number of aromatic nitrogens is 2. The van der Waals surface area contributed by atoms with Crippen molar-refractivity contribution in [1.82, 2.24) is 9.97 Å². The fourth-order valence-corrected chi connectivity index (χ4v) is 2.94. The number of piperidine rings is 1. The van der Waals surface area contributed by atoms with Gasteiger partial charge in [-0.25, -0.2) is 9.78 Å². The summed E-state index contributed by atoms with van der Waals surface area (Å²) in [5.74, 6) is -0.396. The van der Waals surface area contributed by atoms with Crippen LogP contribution in [0, 0.1) is 5.92 Å². The molecule has 136 valence electrons. The molecule has 3 rings (SSSR count). The lowest BCUT2D eigenvalue weighted by atomic mass is 9.97. The summed E-state index contributed by atoms with van der Waals surface area (Å²) in [5, 5.41) is 12.2. The average molecular weight is 356 g/mol. The fourth-order valence-electron chi connectivity index (χ4n) is 2.94. The summed E-state index contributed by atoms with van der Waals surface area (Å²) < 4.78 is 4.79. The summed E-state index contributed by atoms with van der Waals surface area (Å²) in [6, 6.07) is 8.75. The number of hydrogen-bond donors (Lipinski definition) is 2. The van der Waals surface area contributed by atoms with Gasteiger partial charge in [-0.05, 0) is 31.0 Å². The van der Waals surface area contributed by atoms with Crippen LogP contribution < -0.4 is 10.2 Å². The molecule has 2 heterocycles. The van der Waals surface area contributed by atoms with Gasteiger partial charge in [0.1, 0.15) is 5.82 Å². The molecule has 1 aromatic heterocycles. The van der Waals surface area contributed by atoms with Crippen LogP contribution in [0.2, 0.25) is 0 Å². The summed E-state index contributed by atoms with van der Waals surface area (Å²) in [5.41, 5.74) is 0.951. The van der Waals surface area contributed by atoms with Crippen molar-refractivity contribution in [2.24, 2.45) is 5.92 Å². The van der Waals surface area contributed by atoms with Crippen LogP contribution in [0.5, 0.6) is 0 Å². The van der Waals surface area contributed by atoms with E-state index in [9.17, 15) is 9.59 Å². The third-order valence-electron chi connectivity index (χ3n) is 4.39. The molecule has 2 aromatic rings. The number of nitrogens with zero attached hydrogens (tertiary/aromatic N) is 3. The van der Waals surface area contributed by atoms with Gasteiger partial charge in [0.05, 0.1) is 24.3 Å². The van der Waals surface area contributed by atoms with Crippen LogP contribution in [-0.4, -0.2) is 47.2 Å². The van der Waals surface area contributed by atoms with Gasteiger partial charge >= 0.3 is 11.9 Å². The highest BCUT2D eigenvalue weighted by Gasteiger charge is 2.25. The third kappa shape index (κ3) is 3.90. The molecule has 2 N–H and O–H groups in total. The molecule has 8 nitrogen and oxygen atoms in total. The van der Waals surface area contributed by atoms with E-state index >= 15 is 0 Å². The first-order chi connectivity index (χ1) is 12.6. The van der Waals surface area contributed by atoms with Crippen molar-refractivity contribution >= 4 is 29.4 Å². The zero-order valence-electron chi connectivity index (χ0n) is 14.4. The minimum atomic E-state index is -0.742. The van der Waals surface area contributed by atoms with Crippen molar-refractivity contribution in [2.75, 3.05) is 30.4 Å². The quantitative estimate of drug-likeness (QED) is 0.787. The van der Waals surface area contributed by atoms with Crippen LogP contribution in [-0.2, 0) is 9.53 Å². The minimum Gasteiger partial charge on any atom is -0.481 e. The number of aliphatic carboxylic acids is 1. The van der Waals surface area contributed by atoms with Gasteiger partial charge in [-0.15, -0.1) is 0 Å². The zero-order valence-corrected chi connectivity index (χ0v) is 14.4. The maximum absolute atomic E-state index is 11.9. The molecule has 0 amide bonds. The number of esters is 1. The molecule has 0 spiro atoms. The van der Waals surface area contributed by atoms with Gasteiger partial charge in [-0.1, -0.05) is 12.1 Å². The topological polar surface area (TPSA) is 105 Å². The molecule has 1 fully saturated rings. The molecule has 0 aliphatic carbocycles. The number of hydrogen-bond acceptors (Lipinski definition) is 7. The van der Waals surface area contributed by atoms with Crippen molar-refractivity contribution in [3.8, 4) is 0 Å². The minimum absolute atomic E-state index is 0.294. The van der Waals surface area contributed by atoms with Gasteiger partial charge in [0.2, 0.25) is 5.95 Å². The van der Waals surface area contributed by atoms with E-state index in [0.29, 0.717) is 43.1 Å². The highest BCUT2D eigenvalue weighted by Crippen LogP contribution is 2.24. The maximum Gasteiger partial charge on any atom is 0.339 e. The average Bonchev–Trinajstić information content (AvgIpc) is 2.68. The van der Waals surface area contributed by atoms with Gasteiger partial charge in [0.15, 0.2) is 0 Å². The first kappa shape index (κ1) is 17.7. The highest BCUT2D eigenvalue weighted by atomic mass is 16.5. The lowest BCUT2D eigenvalue weighted by molar-refractivity contribution is -0.142. The molecule has 0 unspecified atom stereocenters. The van der Waals surface area contributed by atoms with Gasteiger partial charge in [0, 0.05) is 19.3 Å². The van der Waals surface area contributed by atoms with Gasteiger partial charge < -0.3 is 20.1 Å². The first-order valence-corrected chi connectivity index (χ1v) is 8.33. The third-order valence-corrected chi connectivity index (χ3v) is 4.39. The summed E-state index contributed by atoms with van der Waals surface area (Å²) in [4.78, 5) is 33.7. The zero-order chi connectivity index (χ0) is 18.5. The van der Waals surface area contributed by atoms with E-state index in [1.165, 1.54) is 7.11 Å². The Balaban J connectivity index is 1.75. The molecule has 0 radical (unpaired) electrons. The van der Waals surface area contributed by atoms with Gasteiger partial charge in [-0.2, -0.15) is 4.98 Å². The molecule has 1 aliphatic rings. The molecule has 8 heteroatoms. The number of carbonyl (C=O) groups is 2. The second-order valence-electron chi connectivity index (χ2n) is 6.00. The van der Waals surface area contributed by atoms with E-state index in [0.717, 1.165) is 5.82 Å². The van der Waals surface area contributed by atoms with Gasteiger partial charge in [-0.3, -0.25) is 4.79 Å². The number of anilines is 3. The van der Waals surface area contributed by atoms with Crippen LogP contribution in [0.15, 0.2) is 36.5 Å². The number of para-hydroxylation sites is 1. The van der Waals surface area contributed by atoms with Gasteiger partial charge in [0.25, 0.3) is 0 Å². The van der Waals surface area contributed by atoms with E-state index in [1.54, 1.807) is 36.5 Å². The van der Waals surface area contributed by atoms with Crippen molar-refractivity contribution < 1.29 is 19.4 Å². The van der Waals surface area contributed by atoms with E-state index in [-0.39, 0.29) is 5.92 Å². The predicted octanol–water partition coefficient (Wildman–Crippen LogP) is 2.31. The molecule has 0 atom stereocenters. The molecular weight excluding hydrogens is 336 g/mol. The summed E-state index contributed by atoms with van der Waals surface area (Å²) in [6.07, 6.45) is 2.81. The predicted molar refractivity (Wildman–Crippen MR) is 95.7 cm³/mol. The highest BCUT2D eigenvalue weighted by molar-refractivity contribution is 5.96. The smallest absolute Gasteiger partial charge is 0.339 e. The molecular formula is C18H20N4O4. The maximum atomic E-state index is 11.9. The molecule has 1 aromatic carbocycles. The Morgan fingerprint density at radius 1 is 1.23 bits per heavy atom. The Morgan fingerprint density at radius 3 is 2.65 bits per heavy atom. The summed E-state index contributed by atoms with van der Waals surface area (Å²) in [6.45, 7) is 1.26. The normalized spacial score (nSPS) is 14.7. The number of nitrogens with one attached hydrogen (secondary N) is 1. The van der Waals surface area contributed by atoms with Crippen molar-refractivity contribution in [3.05, 3.63) is 42.1 Å². The number of ether oxygens (including phenoxy) is 1. The van der Waals surface area contributed by atoms with Crippen LogP contribution in [0.4, 0.5) is 17.5 Å². The molecule has 0 bridgehead atoms. The standard InChI is InChI=1S/C18H20N4O4/c1-26-17(25)13-4-2-3-5-14(13)20-18-19-9-6-15(21-18)22-10-7-12(8-11-22)16(23)24/h2-6,9,12H,7-8,10-11H2,1H3,(H,23,24)(H,19,20,21). The van der Waals surface area contributed by atoms with E-state index in [4.69, 9.17) is 9.84 Å². The van der Waals surface area contributed by atoms with Crippen molar-refractivity contribution in [2.45, 2.75) is 12.8 Å². The van der Waals surface area contributed by atoms with Crippen LogP contribution in [0.3, 0.4) is 0 Å². The number of rotatable bonds is 5. The Kier molecular flexibility index (Phi) is 5.31. The monoisotopic (exact) mass is 356 g/mol. The lowest BCUT2D eigenvalue weighted by Crippen LogP contribution is -2.36. The molecule has 26 heavy (non-hydrogen) atoms. The van der Waals surface area contributed by atoms with E-state index < -0.39 is 11.9 Å². The first-order valence-electron chi connectivity index (χ1n) is 8.33. The van der Waals surface area contributed by atoms with Crippen LogP contribution >= 0.6 is 0 Å². The Bertz CT molecular complexity index is 803. The van der Waals surface area contributed by atoms with Crippen LogP contribution in [0.25, 0.3) is 0 Å². The van der Waals surface area contributed by atoms with Crippen molar-refractivity contribution in [3.63, 3.8) is 0 Å². The Labute approximate surface area is 150 Å². The number of methoxy groups -OCH3 is 1. The lowest BCUT2D eigenvalue weighted by Gasteiger charge is -2.31. The molecule has 1 saturated heterocycles. The van der Waals surface area contributed by atoms with Crippen molar-refractivity contribution in [1.29, 1.82) is 0 Å².